The van der Waals surface area contributed by atoms with E-state index in [9.17, 15) is 22.4 Å². The molecule has 7 nitrogen and oxygen atoms in total. The number of anilines is 1. The van der Waals surface area contributed by atoms with E-state index in [1.807, 2.05) is 13.8 Å². The van der Waals surface area contributed by atoms with Crippen molar-refractivity contribution in [3.63, 3.8) is 0 Å². The van der Waals surface area contributed by atoms with Crippen molar-refractivity contribution >= 4 is 27.5 Å². The Labute approximate surface area is 195 Å². The van der Waals surface area contributed by atoms with Gasteiger partial charge in [0.05, 0.1) is 11.9 Å². The molecule has 0 heterocycles. The van der Waals surface area contributed by atoms with Crippen LogP contribution in [0.2, 0.25) is 0 Å². The van der Waals surface area contributed by atoms with Gasteiger partial charge >= 0.3 is 0 Å². The predicted octanol–water partition coefficient (Wildman–Crippen LogP) is 3.23. The molecule has 0 radical (unpaired) electrons. The Hall–Kier alpha value is -2.94. The summed E-state index contributed by atoms with van der Waals surface area (Å²) < 4.78 is 39.6. The molecule has 2 aromatic carbocycles. The number of para-hydroxylation sites is 1. The minimum atomic E-state index is -3.78. The fourth-order valence-electron chi connectivity index (χ4n) is 3.52. The van der Waals surface area contributed by atoms with Gasteiger partial charge in [-0.3, -0.25) is 13.9 Å². The molecule has 1 atom stereocenters. The number of halogens is 1. The second-order valence-electron chi connectivity index (χ2n) is 8.29. The van der Waals surface area contributed by atoms with E-state index in [4.69, 9.17) is 0 Å². The van der Waals surface area contributed by atoms with Crippen LogP contribution in [0.5, 0.6) is 0 Å². The summed E-state index contributed by atoms with van der Waals surface area (Å²) in [6, 6.07) is 11.6. The Bertz CT molecular complexity index is 1070. The number of benzene rings is 2. The van der Waals surface area contributed by atoms with E-state index >= 15 is 0 Å². The third-order valence-electron chi connectivity index (χ3n) is 5.15. The Morgan fingerprint density at radius 1 is 1.06 bits per heavy atom. The van der Waals surface area contributed by atoms with Crippen molar-refractivity contribution in [2.75, 3.05) is 17.1 Å². The van der Waals surface area contributed by atoms with Crippen LogP contribution in [0, 0.1) is 12.7 Å². The van der Waals surface area contributed by atoms with Crippen LogP contribution in [0.1, 0.15) is 38.3 Å². The third kappa shape index (κ3) is 7.28. The largest absolute Gasteiger partial charge is 0.352 e. The second-order valence-corrected chi connectivity index (χ2v) is 10.2. The quantitative estimate of drug-likeness (QED) is 0.569. The van der Waals surface area contributed by atoms with Gasteiger partial charge in [0.15, 0.2) is 0 Å². The summed E-state index contributed by atoms with van der Waals surface area (Å²) in [4.78, 5) is 27.8. The maximum atomic E-state index is 13.5. The highest BCUT2D eigenvalue weighted by molar-refractivity contribution is 7.92. The van der Waals surface area contributed by atoms with Gasteiger partial charge in [-0.25, -0.2) is 12.8 Å². The lowest BCUT2D eigenvalue weighted by Crippen LogP contribution is -2.53. The maximum absolute atomic E-state index is 13.5. The molecular weight excluding hydrogens is 445 g/mol. The first-order valence-electron chi connectivity index (χ1n) is 10.8. The molecule has 0 aliphatic heterocycles. The molecule has 33 heavy (non-hydrogen) atoms. The third-order valence-corrected chi connectivity index (χ3v) is 6.27. The number of aryl methyl sites for hydroxylation is 1. The van der Waals surface area contributed by atoms with E-state index < -0.39 is 34.3 Å². The van der Waals surface area contributed by atoms with Crippen LogP contribution < -0.4 is 9.62 Å². The lowest BCUT2D eigenvalue weighted by molar-refractivity contribution is -0.140. The Balaban J connectivity index is 2.44. The molecule has 9 heteroatoms. The average Bonchev–Trinajstić information content (AvgIpc) is 2.72. The number of carbonyl (C=O) groups excluding carboxylic acids is 2. The molecule has 180 valence electrons. The van der Waals surface area contributed by atoms with Crippen LogP contribution in [0.4, 0.5) is 10.1 Å². The number of amides is 2. The topological polar surface area (TPSA) is 86.8 Å². The molecule has 0 spiro atoms. The predicted molar refractivity (Wildman–Crippen MR) is 128 cm³/mol. The van der Waals surface area contributed by atoms with E-state index in [1.54, 1.807) is 50.2 Å². The molecule has 0 saturated heterocycles. The van der Waals surface area contributed by atoms with Gasteiger partial charge in [-0.1, -0.05) is 37.3 Å². The molecule has 2 aromatic rings. The molecule has 0 aliphatic carbocycles. The number of nitrogens with zero attached hydrogens (tertiary/aromatic N) is 2. The van der Waals surface area contributed by atoms with Crippen molar-refractivity contribution in [1.82, 2.24) is 10.2 Å². The van der Waals surface area contributed by atoms with Crippen LogP contribution in [0.15, 0.2) is 48.5 Å². The van der Waals surface area contributed by atoms with Gasteiger partial charge in [-0.05, 0) is 56.5 Å². The van der Waals surface area contributed by atoms with Gasteiger partial charge in [0.2, 0.25) is 21.8 Å². The molecule has 2 amide bonds. The van der Waals surface area contributed by atoms with Crippen molar-refractivity contribution in [2.45, 2.75) is 52.7 Å². The Morgan fingerprint density at radius 2 is 1.67 bits per heavy atom. The second kappa shape index (κ2) is 11.3. The highest BCUT2D eigenvalue weighted by Gasteiger charge is 2.32. The summed E-state index contributed by atoms with van der Waals surface area (Å²) in [5, 5.41) is 2.82. The molecular formula is C24H32FN3O4S. The van der Waals surface area contributed by atoms with Crippen LogP contribution in [0.25, 0.3) is 0 Å². The van der Waals surface area contributed by atoms with Crippen LogP contribution >= 0.6 is 0 Å². The first kappa shape index (κ1) is 26.3. The van der Waals surface area contributed by atoms with Crippen molar-refractivity contribution in [3.05, 3.63) is 65.5 Å². The zero-order valence-electron chi connectivity index (χ0n) is 19.7. The summed E-state index contributed by atoms with van der Waals surface area (Å²) in [5.41, 5.74) is 1.72. The summed E-state index contributed by atoms with van der Waals surface area (Å²) in [7, 11) is -3.78. The zero-order valence-corrected chi connectivity index (χ0v) is 20.5. The number of carbonyl (C=O) groups is 2. The highest BCUT2D eigenvalue weighted by atomic mass is 32.2. The smallest absolute Gasteiger partial charge is 0.244 e. The highest BCUT2D eigenvalue weighted by Crippen LogP contribution is 2.23. The van der Waals surface area contributed by atoms with Crippen molar-refractivity contribution < 1.29 is 22.4 Å². The van der Waals surface area contributed by atoms with E-state index in [2.05, 4.69) is 5.32 Å². The number of hydrogen-bond donors (Lipinski definition) is 1. The summed E-state index contributed by atoms with van der Waals surface area (Å²) >= 11 is 0. The summed E-state index contributed by atoms with van der Waals surface area (Å²) in [6.07, 6.45) is 1.37. The first-order valence-corrected chi connectivity index (χ1v) is 12.7. The summed E-state index contributed by atoms with van der Waals surface area (Å²) in [6.45, 7) is 6.76. The van der Waals surface area contributed by atoms with E-state index in [1.165, 1.54) is 17.0 Å². The SMILES string of the molecule is CC[C@H](C(=O)NC(C)C)N(Cc1ccc(F)cc1)C(=O)CN(c1ccccc1C)S(C)(=O)=O. The van der Waals surface area contributed by atoms with Gasteiger partial charge < -0.3 is 10.2 Å². The average molecular weight is 478 g/mol. The minimum Gasteiger partial charge on any atom is -0.352 e. The maximum Gasteiger partial charge on any atom is 0.244 e. The fourth-order valence-corrected chi connectivity index (χ4v) is 4.43. The lowest BCUT2D eigenvalue weighted by Gasteiger charge is -2.33. The van der Waals surface area contributed by atoms with Crippen molar-refractivity contribution in [3.8, 4) is 0 Å². The van der Waals surface area contributed by atoms with E-state index in [-0.39, 0.29) is 18.5 Å². The molecule has 0 aliphatic rings. The van der Waals surface area contributed by atoms with Gasteiger partial charge in [-0.15, -0.1) is 0 Å². The number of hydrogen-bond acceptors (Lipinski definition) is 4. The van der Waals surface area contributed by atoms with Crippen LogP contribution in [0.3, 0.4) is 0 Å². The molecule has 0 bridgehead atoms. The normalized spacial score (nSPS) is 12.3. The molecule has 0 aromatic heterocycles. The first-order chi connectivity index (χ1) is 15.4. The summed E-state index contributed by atoms with van der Waals surface area (Å²) in [5.74, 6) is -1.27. The van der Waals surface area contributed by atoms with Gasteiger partial charge in [0.1, 0.15) is 18.4 Å². The minimum absolute atomic E-state index is 0.0362. The molecule has 0 fully saturated rings. The molecule has 1 N–H and O–H groups in total. The Kier molecular flexibility index (Phi) is 8.99. The van der Waals surface area contributed by atoms with Crippen molar-refractivity contribution in [1.29, 1.82) is 0 Å². The number of rotatable bonds is 10. The fraction of sp³-hybridized carbons (Fsp3) is 0.417. The van der Waals surface area contributed by atoms with Crippen LogP contribution in [-0.4, -0.2) is 50.0 Å². The Morgan fingerprint density at radius 3 is 2.18 bits per heavy atom. The van der Waals surface area contributed by atoms with Crippen LogP contribution in [-0.2, 0) is 26.2 Å². The van der Waals surface area contributed by atoms with Gasteiger partial charge in [0.25, 0.3) is 0 Å². The zero-order chi connectivity index (χ0) is 24.8. The molecule has 2 rings (SSSR count). The lowest BCUT2D eigenvalue weighted by atomic mass is 10.1. The number of sulfonamides is 1. The van der Waals surface area contributed by atoms with Gasteiger partial charge in [-0.2, -0.15) is 0 Å². The molecule has 0 saturated carbocycles. The van der Waals surface area contributed by atoms with E-state index in [0.29, 0.717) is 23.2 Å². The molecule has 0 unspecified atom stereocenters. The standard InChI is InChI=1S/C24H32FN3O4S/c1-6-21(24(30)26-17(2)3)27(15-19-11-13-20(25)14-12-19)23(29)16-28(33(5,31)32)22-10-8-7-9-18(22)4/h7-14,17,21H,6,15-16H2,1-5H3,(H,26,30)/t21-/m1/s1. The van der Waals surface area contributed by atoms with Gasteiger partial charge in [0, 0.05) is 12.6 Å². The van der Waals surface area contributed by atoms with E-state index in [0.717, 1.165) is 10.6 Å². The monoisotopic (exact) mass is 477 g/mol. The number of nitrogens with one attached hydrogen (secondary N) is 1. The van der Waals surface area contributed by atoms with Crippen molar-refractivity contribution in [2.24, 2.45) is 0 Å².